The molecule has 2 heteroatoms. The monoisotopic (exact) mass is 330 g/mol. The summed E-state index contributed by atoms with van der Waals surface area (Å²) in [7, 11) is 0. The Kier molecular flexibility index (Phi) is 5.54. The molecule has 2 aromatic rings. The van der Waals surface area contributed by atoms with Gasteiger partial charge >= 0.3 is 0 Å². The SMILES string of the molecule is CCCCc1ccc(C(=O)Cc2ccc(Br)cc2)cc1. The van der Waals surface area contributed by atoms with Crippen LogP contribution in [0, 0.1) is 0 Å². The molecule has 20 heavy (non-hydrogen) atoms. The molecule has 0 amide bonds. The summed E-state index contributed by atoms with van der Waals surface area (Å²) in [6.45, 7) is 2.19. The maximum Gasteiger partial charge on any atom is 0.167 e. The van der Waals surface area contributed by atoms with Crippen LogP contribution >= 0.6 is 15.9 Å². The van der Waals surface area contributed by atoms with E-state index in [4.69, 9.17) is 0 Å². The van der Waals surface area contributed by atoms with Crippen molar-refractivity contribution < 1.29 is 4.79 Å². The largest absolute Gasteiger partial charge is 0.294 e. The van der Waals surface area contributed by atoms with Gasteiger partial charge in [0.1, 0.15) is 0 Å². The number of Topliss-reactive ketones (excluding diaryl/α,β-unsaturated/α-hetero) is 1. The van der Waals surface area contributed by atoms with Crippen LogP contribution in [-0.4, -0.2) is 5.78 Å². The number of carbonyl (C=O) groups excluding carboxylic acids is 1. The van der Waals surface area contributed by atoms with Crippen molar-refractivity contribution >= 4 is 21.7 Å². The normalized spacial score (nSPS) is 10.5. The molecule has 0 fully saturated rings. The van der Waals surface area contributed by atoms with E-state index in [0.29, 0.717) is 6.42 Å². The first-order valence-corrected chi connectivity index (χ1v) is 7.85. The van der Waals surface area contributed by atoms with Crippen LogP contribution in [0.3, 0.4) is 0 Å². The van der Waals surface area contributed by atoms with E-state index in [1.165, 1.54) is 18.4 Å². The van der Waals surface area contributed by atoms with Gasteiger partial charge in [0.05, 0.1) is 0 Å². The van der Waals surface area contributed by atoms with Gasteiger partial charge in [0.15, 0.2) is 5.78 Å². The number of ketones is 1. The van der Waals surface area contributed by atoms with Gasteiger partial charge in [0, 0.05) is 16.5 Å². The minimum Gasteiger partial charge on any atom is -0.294 e. The summed E-state index contributed by atoms with van der Waals surface area (Å²) in [6.07, 6.45) is 3.95. The van der Waals surface area contributed by atoms with Gasteiger partial charge in [-0.25, -0.2) is 0 Å². The third kappa shape index (κ3) is 4.31. The molecule has 0 saturated carbocycles. The average molecular weight is 331 g/mol. The van der Waals surface area contributed by atoms with E-state index in [1.807, 2.05) is 36.4 Å². The van der Waals surface area contributed by atoms with E-state index in [0.717, 1.165) is 22.0 Å². The predicted molar refractivity (Wildman–Crippen MR) is 87.2 cm³/mol. The van der Waals surface area contributed by atoms with Gasteiger partial charge in [-0.2, -0.15) is 0 Å². The molecule has 0 aromatic heterocycles. The van der Waals surface area contributed by atoms with E-state index in [1.54, 1.807) is 0 Å². The molecule has 0 radical (unpaired) electrons. The van der Waals surface area contributed by atoms with Crippen molar-refractivity contribution in [3.05, 3.63) is 69.7 Å². The maximum absolute atomic E-state index is 12.2. The second-order valence-electron chi connectivity index (χ2n) is 5.03. The second-order valence-corrected chi connectivity index (χ2v) is 5.94. The molecule has 0 spiro atoms. The molecular formula is C18H19BrO. The number of unbranched alkanes of at least 4 members (excludes halogenated alkanes) is 1. The van der Waals surface area contributed by atoms with Crippen molar-refractivity contribution in [2.24, 2.45) is 0 Å². The summed E-state index contributed by atoms with van der Waals surface area (Å²) < 4.78 is 1.04. The quantitative estimate of drug-likeness (QED) is 0.664. The lowest BCUT2D eigenvalue weighted by atomic mass is 10.0. The summed E-state index contributed by atoms with van der Waals surface area (Å²) in [6, 6.07) is 16.0. The van der Waals surface area contributed by atoms with E-state index >= 15 is 0 Å². The zero-order valence-corrected chi connectivity index (χ0v) is 13.3. The van der Waals surface area contributed by atoms with Gasteiger partial charge in [-0.05, 0) is 36.1 Å². The average Bonchev–Trinajstić information content (AvgIpc) is 2.48. The van der Waals surface area contributed by atoms with Crippen LogP contribution in [0.25, 0.3) is 0 Å². The number of hydrogen-bond acceptors (Lipinski definition) is 1. The van der Waals surface area contributed by atoms with Gasteiger partial charge in [-0.15, -0.1) is 0 Å². The molecule has 0 aliphatic heterocycles. The summed E-state index contributed by atoms with van der Waals surface area (Å²) in [5, 5.41) is 0. The van der Waals surface area contributed by atoms with Crippen LogP contribution in [0.1, 0.15) is 41.3 Å². The van der Waals surface area contributed by atoms with E-state index < -0.39 is 0 Å². The van der Waals surface area contributed by atoms with Crippen molar-refractivity contribution in [1.82, 2.24) is 0 Å². The van der Waals surface area contributed by atoms with Gasteiger partial charge in [-0.3, -0.25) is 4.79 Å². The van der Waals surface area contributed by atoms with Gasteiger partial charge in [0.25, 0.3) is 0 Å². The third-order valence-corrected chi connectivity index (χ3v) is 3.90. The zero-order chi connectivity index (χ0) is 14.4. The van der Waals surface area contributed by atoms with Crippen molar-refractivity contribution in [3.8, 4) is 0 Å². The lowest BCUT2D eigenvalue weighted by molar-refractivity contribution is 0.0993. The predicted octanol–water partition coefficient (Wildman–Crippen LogP) is 5.22. The highest BCUT2D eigenvalue weighted by molar-refractivity contribution is 9.10. The molecule has 2 aromatic carbocycles. The summed E-state index contributed by atoms with van der Waals surface area (Å²) in [5.74, 6) is 0.175. The van der Waals surface area contributed by atoms with Gasteiger partial charge in [-0.1, -0.05) is 65.7 Å². The highest BCUT2D eigenvalue weighted by Gasteiger charge is 2.07. The molecule has 0 N–H and O–H groups in total. The van der Waals surface area contributed by atoms with Crippen LogP contribution in [0.5, 0.6) is 0 Å². The summed E-state index contributed by atoms with van der Waals surface area (Å²) in [5.41, 5.74) is 3.16. The first-order chi connectivity index (χ1) is 9.69. The Balaban J connectivity index is 2.00. The number of aryl methyl sites for hydroxylation is 1. The molecule has 0 bridgehead atoms. The molecule has 0 aliphatic carbocycles. The zero-order valence-electron chi connectivity index (χ0n) is 11.7. The lowest BCUT2D eigenvalue weighted by Crippen LogP contribution is -2.03. The molecular weight excluding hydrogens is 312 g/mol. The minimum absolute atomic E-state index is 0.175. The topological polar surface area (TPSA) is 17.1 Å². The Morgan fingerprint density at radius 3 is 2.15 bits per heavy atom. The number of carbonyl (C=O) groups is 1. The molecule has 104 valence electrons. The van der Waals surface area contributed by atoms with Crippen LogP contribution < -0.4 is 0 Å². The Labute approximate surface area is 129 Å². The summed E-state index contributed by atoms with van der Waals surface area (Å²) >= 11 is 3.40. The third-order valence-electron chi connectivity index (χ3n) is 3.37. The van der Waals surface area contributed by atoms with E-state index in [9.17, 15) is 4.79 Å². The Hall–Kier alpha value is -1.41. The molecule has 2 rings (SSSR count). The van der Waals surface area contributed by atoms with E-state index in [2.05, 4.69) is 35.0 Å². The molecule has 0 saturated heterocycles. The highest BCUT2D eigenvalue weighted by atomic mass is 79.9. The molecule has 1 nitrogen and oxygen atoms in total. The first kappa shape index (κ1) is 15.0. The van der Waals surface area contributed by atoms with Crippen LogP contribution in [0.15, 0.2) is 53.0 Å². The van der Waals surface area contributed by atoms with Crippen LogP contribution in [0.2, 0.25) is 0 Å². The first-order valence-electron chi connectivity index (χ1n) is 7.05. The highest BCUT2D eigenvalue weighted by Crippen LogP contribution is 2.14. The molecule has 0 aliphatic rings. The van der Waals surface area contributed by atoms with Crippen molar-refractivity contribution in [3.63, 3.8) is 0 Å². The number of hydrogen-bond donors (Lipinski definition) is 0. The fourth-order valence-corrected chi connectivity index (χ4v) is 2.39. The van der Waals surface area contributed by atoms with Crippen molar-refractivity contribution in [1.29, 1.82) is 0 Å². The van der Waals surface area contributed by atoms with Crippen LogP contribution in [0.4, 0.5) is 0 Å². The van der Waals surface area contributed by atoms with Gasteiger partial charge < -0.3 is 0 Å². The molecule has 0 heterocycles. The van der Waals surface area contributed by atoms with Crippen LogP contribution in [-0.2, 0) is 12.8 Å². The van der Waals surface area contributed by atoms with Crippen molar-refractivity contribution in [2.75, 3.05) is 0 Å². The fourth-order valence-electron chi connectivity index (χ4n) is 2.13. The summed E-state index contributed by atoms with van der Waals surface area (Å²) in [4.78, 5) is 12.2. The van der Waals surface area contributed by atoms with Crippen molar-refractivity contribution in [2.45, 2.75) is 32.6 Å². The Morgan fingerprint density at radius 1 is 0.950 bits per heavy atom. The number of halogens is 1. The standard InChI is InChI=1S/C18H19BrO/c1-2-3-4-14-5-9-16(10-6-14)18(20)13-15-7-11-17(19)12-8-15/h5-12H,2-4,13H2,1H3. The number of benzene rings is 2. The Morgan fingerprint density at radius 2 is 1.55 bits per heavy atom. The molecule has 0 atom stereocenters. The fraction of sp³-hybridized carbons (Fsp3) is 0.278. The van der Waals surface area contributed by atoms with Gasteiger partial charge in [0.2, 0.25) is 0 Å². The lowest BCUT2D eigenvalue weighted by Gasteiger charge is -2.04. The minimum atomic E-state index is 0.175. The second kappa shape index (κ2) is 7.39. The number of rotatable bonds is 6. The van der Waals surface area contributed by atoms with E-state index in [-0.39, 0.29) is 5.78 Å². The Bertz CT molecular complexity index is 555. The molecule has 0 unspecified atom stereocenters. The smallest absolute Gasteiger partial charge is 0.167 e. The maximum atomic E-state index is 12.2.